The average Bonchev–Trinajstić information content (AvgIpc) is 3.53. The van der Waals surface area contributed by atoms with Gasteiger partial charge < -0.3 is 9.64 Å². The number of thioether (sulfide) groups is 1. The number of para-hydroxylation sites is 1. The Balaban J connectivity index is 1.27. The van der Waals surface area contributed by atoms with Crippen LogP contribution in [0.2, 0.25) is 0 Å². The minimum absolute atomic E-state index is 0.0802. The number of methoxy groups -OCH3 is 1. The van der Waals surface area contributed by atoms with Gasteiger partial charge in [-0.05, 0) is 54.1 Å². The maximum Gasteiger partial charge on any atom is 0.249 e. The van der Waals surface area contributed by atoms with E-state index in [1.165, 1.54) is 4.70 Å². The van der Waals surface area contributed by atoms with E-state index in [1.807, 2.05) is 72.9 Å². The highest BCUT2D eigenvalue weighted by atomic mass is 79.9. The fraction of sp³-hybridized carbons (Fsp3) is 0.154. The molecule has 0 saturated carbocycles. The number of benzene rings is 3. The summed E-state index contributed by atoms with van der Waals surface area (Å²) < 4.78 is 9.96. The predicted octanol–water partition coefficient (Wildman–Crippen LogP) is 6.18. The number of anilines is 1. The van der Waals surface area contributed by atoms with Gasteiger partial charge >= 0.3 is 0 Å². The molecule has 0 N–H and O–H groups in total. The van der Waals surface area contributed by atoms with Crippen molar-refractivity contribution in [1.82, 2.24) is 20.0 Å². The molecule has 36 heavy (non-hydrogen) atoms. The van der Waals surface area contributed by atoms with Crippen LogP contribution in [0.5, 0.6) is 5.75 Å². The second-order valence-electron chi connectivity index (χ2n) is 7.95. The first-order chi connectivity index (χ1) is 17.6. The van der Waals surface area contributed by atoms with E-state index in [-0.39, 0.29) is 12.5 Å². The van der Waals surface area contributed by atoms with Crippen LogP contribution >= 0.6 is 39.0 Å². The van der Waals surface area contributed by atoms with E-state index in [0.29, 0.717) is 12.3 Å². The summed E-state index contributed by atoms with van der Waals surface area (Å²) in [6.45, 7) is 0.518. The number of fused-ring (bicyclic) bond motifs is 1. The molecule has 7 nitrogen and oxygen atoms in total. The molecule has 0 fully saturated rings. The fourth-order valence-electron chi connectivity index (χ4n) is 3.61. The van der Waals surface area contributed by atoms with Gasteiger partial charge in [-0.3, -0.25) is 4.79 Å². The number of amides is 1. The molecule has 1 amide bonds. The van der Waals surface area contributed by atoms with Crippen LogP contribution in [0.1, 0.15) is 11.3 Å². The van der Waals surface area contributed by atoms with Crippen molar-refractivity contribution in [2.75, 3.05) is 12.0 Å². The smallest absolute Gasteiger partial charge is 0.249 e. The Labute approximate surface area is 225 Å². The van der Waals surface area contributed by atoms with Gasteiger partial charge in [0.15, 0.2) is 4.34 Å². The van der Waals surface area contributed by atoms with Gasteiger partial charge in [0, 0.05) is 22.1 Å². The number of hydrogen-bond acceptors (Lipinski definition) is 7. The van der Waals surface area contributed by atoms with Crippen LogP contribution < -0.4 is 9.64 Å². The van der Waals surface area contributed by atoms with Crippen molar-refractivity contribution in [3.05, 3.63) is 94.7 Å². The zero-order valence-corrected chi connectivity index (χ0v) is 22.6. The molecule has 3 aromatic carbocycles. The Morgan fingerprint density at radius 2 is 1.86 bits per heavy atom. The van der Waals surface area contributed by atoms with Crippen LogP contribution in [0, 0.1) is 0 Å². The van der Waals surface area contributed by atoms with Crippen LogP contribution in [-0.2, 0) is 23.6 Å². The van der Waals surface area contributed by atoms with E-state index in [0.717, 1.165) is 37.0 Å². The molecule has 10 heteroatoms. The number of carbonyl (C=O) groups is 1. The number of ether oxygens (including phenoxy) is 1. The summed E-state index contributed by atoms with van der Waals surface area (Å²) in [6, 6.07) is 23.5. The first-order valence-electron chi connectivity index (χ1n) is 11.1. The van der Waals surface area contributed by atoms with Crippen molar-refractivity contribution in [1.29, 1.82) is 0 Å². The Morgan fingerprint density at radius 3 is 2.61 bits per heavy atom. The van der Waals surface area contributed by atoms with E-state index in [1.54, 1.807) is 39.8 Å². The van der Waals surface area contributed by atoms with Crippen molar-refractivity contribution in [3.8, 4) is 5.75 Å². The largest absolute Gasteiger partial charge is 0.497 e. The van der Waals surface area contributed by atoms with Crippen LogP contribution in [0.4, 0.5) is 5.69 Å². The van der Waals surface area contributed by atoms with Crippen molar-refractivity contribution in [2.24, 2.45) is 0 Å². The summed E-state index contributed by atoms with van der Waals surface area (Å²) in [6.07, 6.45) is 1.82. The molecule has 0 unspecified atom stereocenters. The molecule has 0 aliphatic carbocycles. The molecule has 0 bridgehead atoms. The van der Waals surface area contributed by atoms with Crippen LogP contribution in [0.25, 0.3) is 10.2 Å². The topological polar surface area (TPSA) is 73.1 Å². The quantitative estimate of drug-likeness (QED) is 0.194. The lowest BCUT2D eigenvalue weighted by Crippen LogP contribution is -2.33. The summed E-state index contributed by atoms with van der Waals surface area (Å²) in [5.74, 6) is 1.33. The van der Waals surface area contributed by atoms with E-state index >= 15 is 0 Å². The van der Waals surface area contributed by atoms with Gasteiger partial charge in [0.2, 0.25) is 5.91 Å². The van der Waals surface area contributed by atoms with Gasteiger partial charge in [-0.2, -0.15) is 0 Å². The second-order valence-corrected chi connectivity index (χ2v) is 11.1. The highest BCUT2D eigenvalue weighted by Gasteiger charge is 2.18. The normalized spacial score (nSPS) is 11.1. The molecule has 0 atom stereocenters. The second kappa shape index (κ2) is 11.2. The Kier molecular flexibility index (Phi) is 7.64. The van der Waals surface area contributed by atoms with Gasteiger partial charge in [0.25, 0.3) is 0 Å². The summed E-state index contributed by atoms with van der Waals surface area (Å²) in [5, 5.41) is 8.46. The molecular formula is C26H22BrN5O2S2. The average molecular weight is 581 g/mol. The monoisotopic (exact) mass is 579 g/mol. The Bertz CT molecular complexity index is 1440. The number of carbonyl (C=O) groups excluding carboxylic acids is 1. The lowest BCUT2D eigenvalue weighted by molar-refractivity contribution is -0.119. The van der Waals surface area contributed by atoms with Crippen LogP contribution in [0.3, 0.4) is 0 Å². The van der Waals surface area contributed by atoms with Gasteiger partial charge in [-0.1, -0.05) is 57.2 Å². The summed E-state index contributed by atoms with van der Waals surface area (Å²) in [4.78, 5) is 19.8. The maximum atomic E-state index is 13.4. The summed E-state index contributed by atoms with van der Waals surface area (Å²) >= 11 is 6.75. The molecule has 0 spiro atoms. The fourth-order valence-corrected chi connectivity index (χ4v) is 5.82. The molecule has 0 radical (unpaired) electrons. The maximum absolute atomic E-state index is 13.4. The number of nitrogens with zero attached hydrogens (tertiary/aromatic N) is 5. The molecule has 0 saturated heterocycles. The zero-order valence-electron chi connectivity index (χ0n) is 19.4. The zero-order chi connectivity index (χ0) is 24.9. The van der Waals surface area contributed by atoms with Crippen molar-refractivity contribution in [3.63, 3.8) is 0 Å². The third-order valence-corrected chi connectivity index (χ3v) is 8.18. The Hall–Kier alpha value is -3.21. The predicted molar refractivity (Wildman–Crippen MR) is 148 cm³/mol. The van der Waals surface area contributed by atoms with E-state index in [2.05, 4.69) is 37.3 Å². The highest BCUT2D eigenvalue weighted by molar-refractivity contribution is 9.10. The van der Waals surface area contributed by atoms with Crippen LogP contribution in [0.15, 0.2) is 87.8 Å². The minimum atomic E-state index is -0.0802. The molecule has 0 aliphatic rings. The van der Waals surface area contributed by atoms with Crippen molar-refractivity contribution >= 4 is 60.8 Å². The molecule has 182 valence electrons. The van der Waals surface area contributed by atoms with Gasteiger partial charge in [0.05, 0.1) is 29.6 Å². The molecule has 5 rings (SSSR count). The third kappa shape index (κ3) is 5.95. The van der Waals surface area contributed by atoms with E-state index in [4.69, 9.17) is 4.74 Å². The lowest BCUT2D eigenvalue weighted by Gasteiger charge is -2.23. The Morgan fingerprint density at radius 1 is 1.08 bits per heavy atom. The highest BCUT2D eigenvalue weighted by Crippen LogP contribution is 2.31. The third-order valence-electron chi connectivity index (χ3n) is 5.44. The van der Waals surface area contributed by atoms with Gasteiger partial charge in [-0.25, -0.2) is 9.67 Å². The molecule has 0 aliphatic heterocycles. The summed E-state index contributed by atoms with van der Waals surface area (Å²) in [7, 11) is 1.64. The minimum Gasteiger partial charge on any atom is -0.497 e. The first kappa shape index (κ1) is 24.5. The van der Waals surface area contributed by atoms with Crippen LogP contribution in [-0.4, -0.2) is 33.0 Å². The molecule has 2 aromatic heterocycles. The first-order valence-corrected chi connectivity index (χ1v) is 13.7. The summed E-state index contributed by atoms with van der Waals surface area (Å²) in [5.41, 5.74) is 3.62. The van der Waals surface area contributed by atoms with E-state index in [9.17, 15) is 4.79 Å². The van der Waals surface area contributed by atoms with Gasteiger partial charge in [0.1, 0.15) is 12.3 Å². The van der Waals surface area contributed by atoms with E-state index < -0.39 is 0 Å². The standard InChI is InChI=1S/C26H22BrN5O2S2/c1-34-22-12-6-18(7-13-22)14-32(21-10-8-19(27)9-11-21)25(33)16-31-15-20(29-30-31)17-35-26-28-23-4-2-3-5-24(23)36-26/h2-13,15H,14,16-17H2,1H3. The number of hydrogen-bond donors (Lipinski definition) is 0. The SMILES string of the molecule is COc1ccc(CN(C(=O)Cn2cc(CSc3nc4ccccc4s3)nn2)c2ccc(Br)cc2)cc1. The number of halogens is 1. The lowest BCUT2D eigenvalue weighted by atomic mass is 10.2. The molecular weight excluding hydrogens is 558 g/mol. The number of aromatic nitrogens is 4. The molecule has 5 aromatic rings. The van der Waals surface area contributed by atoms with Gasteiger partial charge in [-0.15, -0.1) is 16.4 Å². The number of rotatable bonds is 9. The van der Waals surface area contributed by atoms with Crippen molar-refractivity contribution in [2.45, 2.75) is 23.2 Å². The number of thiazole rings is 1. The molecule has 2 heterocycles. The van der Waals surface area contributed by atoms with Crippen molar-refractivity contribution < 1.29 is 9.53 Å².